The number of Topliss-reactive ketones (excluding diaryl/α,β-unsaturated/α-hetero) is 1. The molecule has 0 unspecified atom stereocenters. The van der Waals surface area contributed by atoms with Gasteiger partial charge < -0.3 is 10.5 Å². The van der Waals surface area contributed by atoms with Crippen LogP contribution in [0.2, 0.25) is 0 Å². The maximum atomic E-state index is 13.0. The molecule has 0 atom stereocenters. The van der Waals surface area contributed by atoms with Gasteiger partial charge >= 0.3 is 0 Å². The van der Waals surface area contributed by atoms with Crippen LogP contribution < -0.4 is 10.5 Å². The van der Waals surface area contributed by atoms with Gasteiger partial charge in [-0.05, 0) is 24.5 Å². The fraction of sp³-hybridized carbons (Fsp3) is 0.562. The number of para-hydroxylation sites is 1. The van der Waals surface area contributed by atoms with E-state index in [4.69, 9.17) is 10.5 Å². The molecule has 1 heterocycles. The number of carbonyl (C=O) groups is 1. The fourth-order valence-corrected chi connectivity index (χ4v) is 3.43. The average molecular weight is 259 g/mol. The van der Waals surface area contributed by atoms with Crippen molar-refractivity contribution < 1.29 is 9.53 Å². The molecule has 0 radical (unpaired) electrons. The number of benzene rings is 1. The highest BCUT2D eigenvalue weighted by atomic mass is 16.5. The van der Waals surface area contributed by atoms with Gasteiger partial charge in [0.1, 0.15) is 5.75 Å². The highest BCUT2D eigenvalue weighted by Gasteiger charge is 2.40. The van der Waals surface area contributed by atoms with Crippen molar-refractivity contribution >= 4 is 5.78 Å². The van der Waals surface area contributed by atoms with Gasteiger partial charge in [-0.2, -0.15) is 0 Å². The number of hydrogen-bond acceptors (Lipinski definition) is 3. The van der Waals surface area contributed by atoms with E-state index in [1.807, 2.05) is 12.1 Å². The Hall–Kier alpha value is -1.35. The Morgan fingerprint density at radius 2 is 2.05 bits per heavy atom. The van der Waals surface area contributed by atoms with Crippen molar-refractivity contribution in [2.24, 2.45) is 11.1 Å². The highest BCUT2D eigenvalue weighted by Crippen LogP contribution is 2.41. The van der Waals surface area contributed by atoms with E-state index in [0.29, 0.717) is 13.2 Å². The van der Waals surface area contributed by atoms with E-state index in [-0.39, 0.29) is 11.2 Å². The van der Waals surface area contributed by atoms with Crippen molar-refractivity contribution in [2.75, 3.05) is 13.2 Å². The first-order chi connectivity index (χ1) is 9.27. The second kappa shape index (κ2) is 4.97. The first kappa shape index (κ1) is 12.7. The van der Waals surface area contributed by atoms with Crippen LogP contribution in [0.1, 0.15) is 48.0 Å². The van der Waals surface area contributed by atoms with E-state index in [0.717, 1.165) is 49.0 Å². The lowest BCUT2D eigenvalue weighted by atomic mass is 9.69. The minimum atomic E-state index is -0.348. The number of ether oxygens (including phenoxy) is 1. The zero-order chi connectivity index (χ0) is 13.3. The van der Waals surface area contributed by atoms with Gasteiger partial charge in [-0.25, -0.2) is 0 Å². The Bertz CT molecular complexity index is 490. The van der Waals surface area contributed by atoms with E-state index in [2.05, 4.69) is 6.07 Å². The topological polar surface area (TPSA) is 52.3 Å². The Balaban J connectivity index is 1.97. The predicted octanol–water partition coefficient (Wildman–Crippen LogP) is 2.71. The zero-order valence-electron chi connectivity index (χ0n) is 11.3. The third-order valence-electron chi connectivity index (χ3n) is 4.64. The summed E-state index contributed by atoms with van der Waals surface area (Å²) in [4.78, 5) is 13.0. The molecule has 1 saturated carbocycles. The van der Waals surface area contributed by atoms with E-state index >= 15 is 0 Å². The van der Waals surface area contributed by atoms with E-state index in [9.17, 15) is 4.79 Å². The van der Waals surface area contributed by atoms with Gasteiger partial charge in [-0.1, -0.05) is 31.4 Å². The van der Waals surface area contributed by atoms with Gasteiger partial charge in [0.05, 0.1) is 12.2 Å². The van der Waals surface area contributed by atoms with Crippen LogP contribution in [0.15, 0.2) is 18.2 Å². The maximum Gasteiger partial charge on any atom is 0.173 e. The van der Waals surface area contributed by atoms with Crippen LogP contribution in [0, 0.1) is 5.41 Å². The fourth-order valence-electron chi connectivity index (χ4n) is 3.43. The Kier molecular flexibility index (Phi) is 3.31. The average Bonchev–Trinajstić information content (AvgIpc) is 2.95. The molecule has 1 aliphatic heterocycles. The summed E-state index contributed by atoms with van der Waals surface area (Å²) < 4.78 is 5.67. The quantitative estimate of drug-likeness (QED) is 0.849. The molecule has 0 saturated heterocycles. The van der Waals surface area contributed by atoms with Gasteiger partial charge in [-0.15, -0.1) is 0 Å². The largest absolute Gasteiger partial charge is 0.492 e. The molecule has 0 amide bonds. The standard InChI is InChI=1S/C16H21NO2/c17-11-16(8-2-1-3-9-16)15(18)13-6-4-5-12-7-10-19-14(12)13/h4-6H,1-3,7-11,17H2. The number of rotatable bonds is 3. The summed E-state index contributed by atoms with van der Waals surface area (Å²) >= 11 is 0. The molecule has 2 aliphatic rings. The normalized spacial score (nSPS) is 20.7. The zero-order valence-corrected chi connectivity index (χ0v) is 11.3. The van der Waals surface area contributed by atoms with Gasteiger partial charge in [-0.3, -0.25) is 4.79 Å². The van der Waals surface area contributed by atoms with Crippen LogP contribution in [0.25, 0.3) is 0 Å². The summed E-state index contributed by atoms with van der Waals surface area (Å²) in [5.41, 5.74) is 7.53. The van der Waals surface area contributed by atoms with Crippen molar-refractivity contribution in [3.63, 3.8) is 0 Å². The molecule has 0 spiro atoms. The minimum absolute atomic E-state index is 0.202. The lowest BCUT2D eigenvalue weighted by molar-refractivity contribution is 0.0726. The second-order valence-corrected chi connectivity index (χ2v) is 5.77. The Labute approximate surface area is 114 Å². The van der Waals surface area contributed by atoms with E-state index in [1.54, 1.807) is 0 Å². The smallest absolute Gasteiger partial charge is 0.173 e. The molecule has 3 nitrogen and oxygen atoms in total. The predicted molar refractivity (Wildman–Crippen MR) is 74.5 cm³/mol. The summed E-state index contributed by atoms with van der Waals surface area (Å²) in [5, 5.41) is 0. The third-order valence-corrected chi connectivity index (χ3v) is 4.64. The van der Waals surface area contributed by atoms with Crippen molar-refractivity contribution in [1.82, 2.24) is 0 Å². The highest BCUT2D eigenvalue weighted by molar-refractivity contribution is 6.03. The maximum absolute atomic E-state index is 13.0. The summed E-state index contributed by atoms with van der Waals surface area (Å²) in [6.07, 6.45) is 6.19. The molecule has 1 aliphatic carbocycles. The van der Waals surface area contributed by atoms with Crippen LogP contribution in [-0.2, 0) is 6.42 Å². The van der Waals surface area contributed by atoms with E-state index < -0.39 is 0 Å². The first-order valence-electron chi connectivity index (χ1n) is 7.26. The van der Waals surface area contributed by atoms with Crippen LogP contribution in [0.5, 0.6) is 5.75 Å². The molecule has 0 aromatic heterocycles. The molecular weight excluding hydrogens is 238 g/mol. The number of carbonyl (C=O) groups excluding carboxylic acids is 1. The van der Waals surface area contributed by atoms with Crippen molar-refractivity contribution in [1.29, 1.82) is 0 Å². The molecule has 19 heavy (non-hydrogen) atoms. The van der Waals surface area contributed by atoms with Gasteiger partial charge in [0.25, 0.3) is 0 Å². The number of nitrogens with two attached hydrogens (primary N) is 1. The molecule has 1 aromatic rings. The lowest BCUT2D eigenvalue weighted by Gasteiger charge is -2.35. The van der Waals surface area contributed by atoms with Crippen molar-refractivity contribution in [3.8, 4) is 5.75 Å². The summed E-state index contributed by atoms with van der Waals surface area (Å²) in [6, 6.07) is 5.92. The van der Waals surface area contributed by atoms with E-state index in [1.165, 1.54) is 6.42 Å². The van der Waals surface area contributed by atoms with Gasteiger partial charge in [0, 0.05) is 18.4 Å². The molecule has 2 N–H and O–H groups in total. The van der Waals surface area contributed by atoms with Crippen molar-refractivity contribution in [3.05, 3.63) is 29.3 Å². The lowest BCUT2D eigenvalue weighted by Crippen LogP contribution is -2.40. The molecule has 1 aromatic carbocycles. The molecule has 0 bridgehead atoms. The molecule has 3 heteroatoms. The van der Waals surface area contributed by atoms with Crippen molar-refractivity contribution in [2.45, 2.75) is 38.5 Å². The number of ketones is 1. The Morgan fingerprint density at radius 1 is 1.26 bits per heavy atom. The number of fused-ring (bicyclic) bond motifs is 1. The van der Waals surface area contributed by atoms with Crippen LogP contribution >= 0.6 is 0 Å². The SMILES string of the molecule is NCC1(C(=O)c2cccc3c2OCC3)CCCCC1. The van der Waals surface area contributed by atoms with Crippen LogP contribution in [0.4, 0.5) is 0 Å². The number of hydrogen-bond donors (Lipinski definition) is 1. The molecule has 3 rings (SSSR count). The molecule has 102 valence electrons. The first-order valence-corrected chi connectivity index (χ1v) is 7.26. The van der Waals surface area contributed by atoms with Gasteiger partial charge in [0.15, 0.2) is 5.78 Å². The monoisotopic (exact) mass is 259 g/mol. The van der Waals surface area contributed by atoms with Crippen LogP contribution in [-0.4, -0.2) is 18.9 Å². The van der Waals surface area contributed by atoms with Gasteiger partial charge in [0.2, 0.25) is 0 Å². The Morgan fingerprint density at radius 3 is 2.79 bits per heavy atom. The second-order valence-electron chi connectivity index (χ2n) is 5.77. The summed E-state index contributed by atoms with van der Waals surface area (Å²) in [7, 11) is 0. The third kappa shape index (κ3) is 2.06. The molecular formula is C16H21NO2. The summed E-state index contributed by atoms with van der Waals surface area (Å²) in [5.74, 6) is 1.01. The summed E-state index contributed by atoms with van der Waals surface area (Å²) in [6.45, 7) is 1.14. The molecule has 1 fully saturated rings. The van der Waals surface area contributed by atoms with Crippen LogP contribution in [0.3, 0.4) is 0 Å². The minimum Gasteiger partial charge on any atom is -0.492 e.